The van der Waals surface area contributed by atoms with Gasteiger partial charge in [-0.1, -0.05) is 70.8 Å². The molecule has 0 aliphatic rings. The Morgan fingerprint density at radius 1 is 0.826 bits per heavy atom. The molecule has 1 amide bonds. The highest BCUT2D eigenvalue weighted by molar-refractivity contribution is 5.90. The number of hydrogen-bond acceptors (Lipinski definition) is 1. The van der Waals surface area contributed by atoms with E-state index in [4.69, 9.17) is 0 Å². The van der Waals surface area contributed by atoms with Crippen LogP contribution >= 0.6 is 0 Å². The van der Waals surface area contributed by atoms with Crippen LogP contribution in [0.1, 0.15) is 88.7 Å². The quantitative estimate of drug-likeness (QED) is 0.435. The molecule has 0 aliphatic carbocycles. The van der Waals surface area contributed by atoms with Crippen molar-refractivity contribution in [3.63, 3.8) is 0 Å². The fourth-order valence-electron chi connectivity index (χ4n) is 2.82. The van der Waals surface area contributed by atoms with E-state index in [9.17, 15) is 4.79 Å². The van der Waals surface area contributed by atoms with Crippen molar-refractivity contribution in [3.05, 3.63) is 29.3 Å². The third-order valence-electron chi connectivity index (χ3n) is 4.55. The Morgan fingerprint density at radius 3 is 1.96 bits per heavy atom. The first-order valence-corrected chi connectivity index (χ1v) is 9.50. The number of aryl methyl sites for hydroxylation is 2. The Balaban J connectivity index is 2.01. The van der Waals surface area contributed by atoms with Gasteiger partial charge in [-0.15, -0.1) is 0 Å². The fraction of sp³-hybridized carbons (Fsp3) is 0.667. The van der Waals surface area contributed by atoms with Crippen LogP contribution in [-0.2, 0) is 4.79 Å². The lowest BCUT2D eigenvalue weighted by molar-refractivity contribution is -0.116. The van der Waals surface area contributed by atoms with E-state index in [1.807, 2.05) is 12.1 Å². The Kier molecular flexibility index (Phi) is 10.4. The van der Waals surface area contributed by atoms with E-state index in [-0.39, 0.29) is 5.91 Å². The highest BCUT2D eigenvalue weighted by Crippen LogP contribution is 2.15. The van der Waals surface area contributed by atoms with Crippen LogP contribution in [-0.4, -0.2) is 5.91 Å². The van der Waals surface area contributed by atoms with E-state index >= 15 is 0 Å². The van der Waals surface area contributed by atoms with Crippen molar-refractivity contribution in [2.24, 2.45) is 0 Å². The van der Waals surface area contributed by atoms with Crippen molar-refractivity contribution in [3.8, 4) is 0 Å². The Hall–Kier alpha value is -1.31. The Morgan fingerprint density at radius 2 is 1.39 bits per heavy atom. The highest BCUT2D eigenvalue weighted by Gasteiger charge is 2.03. The zero-order chi connectivity index (χ0) is 16.9. The van der Waals surface area contributed by atoms with Gasteiger partial charge in [0, 0.05) is 12.1 Å². The smallest absolute Gasteiger partial charge is 0.224 e. The molecule has 0 aliphatic heterocycles. The van der Waals surface area contributed by atoms with E-state index in [0.29, 0.717) is 6.42 Å². The first-order chi connectivity index (χ1) is 11.1. The molecule has 0 aromatic heterocycles. The van der Waals surface area contributed by atoms with Gasteiger partial charge in [0.05, 0.1) is 0 Å². The predicted molar refractivity (Wildman–Crippen MR) is 101 cm³/mol. The third kappa shape index (κ3) is 9.43. The summed E-state index contributed by atoms with van der Waals surface area (Å²) in [5.74, 6) is 0.146. The summed E-state index contributed by atoms with van der Waals surface area (Å²) in [7, 11) is 0. The van der Waals surface area contributed by atoms with Gasteiger partial charge < -0.3 is 5.32 Å². The van der Waals surface area contributed by atoms with Crippen LogP contribution in [0.15, 0.2) is 18.2 Å². The minimum atomic E-state index is 0.146. The molecule has 0 spiro atoms. The molecule has 0 saturated heterocycles. The van der Waals surface area contributed by atoms with Crippen LogP contribution in [0.2, 0.25) is 0 Å². The Labute approximate surface area is 143 Å². The molecule has 130 valence electrons. The first-order valence-electron chi connectivity index (χ1n) is 9.50. The molecule has 2 heteroatoms. The van der Waals surface area contributed by atoms with Gasteiger partial charge in [-0.05, 0) is 43.5 Å². The van der Waals surface area contributed by atoms with Crippen molar-refractivity contribution in [1.29, 1.82) is 0 Å². The maximum Gasteiger partial charge on any atom is 0.224 e. The molecule has 1 aromatic carbocycles. The lowest BCUT2D eigenvalue weighted by Gasteiger charge is -2.07. The van der Waals surface area contributed by atoms with E-state index in [1.54, 1.807) is 0 Å². The molecule has 0 atom stereocenters. The predicted octanol–water partition coefficient (Wildman–Crippen LogP) is 6.55. The summed E-state index contributed by atoms with van der Waals surface area (Å²) in [6, 6.07) is 6.09. The van der Waals surface area contributed by atoms with Gasteiger partial charge in [-0.3, -0.25) is 4.79 Å². The van der Waals surface area contributed by atoms with Crippen LogP contribution in [0.3, 0.4) is 0 Å². The average Bonchev–Trinajstić information content (AvgIpc) is 2.53. The van der Waals surface area contributed by atoms with E-state index in [1.165, 1.54) is 68.9 Å². The highest BCUT2D eigenvalue weighted by atomic mass is 16.1. The number of carbonyl (C=O) groups is 1. The zero-order valence-electron chi connectivity index (χ0n) is 15.4. The molecule has 0 unspecified atom stereocenters. The van der Waals surface area contributed by atoms with Crippen LogP contribution in [0.4, 0.5) is 5.69 Å². The van der Waals surface area contributed by atoms with E-state index in [0.717, 1.165) is 12.1 Å². The van der Waals surface area contributed by atoms with Gasteiger partial charge in [0.1, 0.15) is 0 Å². The molecule has 1 N–H and O–H groups in total. The maximum atomic E-state index is 11.9. The van der Waals surface area contributed by atoms with Gasteiger partial charge in [0.25, 0.3) is 0 Å². The number of hydrogen-bond donors (Lipinski definition) is 1. The number of anilines is 1. The number of unbranched alkanes of at least 4 members (excludes halogenated alkanes) is 9. The van der Waals surface area contributed by atoms with Crippen LogP contribution < -0.4 is 5.32 Å². The monoisotopic (exact) mass is 317 g/mol. The zero-order valence-corrected chi connectivity index (χ0v) is 15.4. The van der Waals surface area contributed by atoms with Gasteiger partial charge in [-0.25, -0.2) is 0 Å². The standard InChI is InChI=1S/C21H35NO/c1-4-5-6-7-8-9-10-11-12-13-14-21(23)22-20-16-15-18(2)19(3)17-20/h15-17H,4-14H2,1-3H3,(H,22,23). The van der Waals surface area contributed by atoms with Crippen LogP contribution in [0.25, 0.3) is 0 Å². The summed E-state index contributed by atoms with van der Waals surface area (Å²) in [4.78, 5) is 11.9. The summed E-state index contributed by atoms with van der Waals surface area (Å²) < 4.78 is 0. The second-order valence-electron chi connectivity index (χ2n) is 6.78. The van der Waals surface area contributed by atoms with Gasteiger partial charge in [0.15, 0.2) is 0 Å². The summed E-state index contributed by atoms with van der Waals surface area (Å²) in [5.41, 5.74) is 3.41. The molecule has 0 saturated carbocycles. The normalized spacial score (nSPS) is 10.7. The lowest BCUT2D eigenvalue weighted by Crippen LogP contribution is -2.11. The number of nitrogens with one attached hydrogen (secondary N) is 1. The van der Waals surface area contributed by atoms with Crippen molar-refractivity contribution in [2.45, 2.75) is 91.4 Å². The largest absolute Gasteiger partial charge is 0.326 e. The first kappa shape index (κ1) is 19.7. The molecule has 1 aromatic rings. The number of rotatable bonds is 12. The second-order valence-corrected chi connectivity index (χ2v) is 6.78. The van der Waals surface area contributed by atoms with Crippen molar-refractivity contribution < 1.29 is 4.79 Å². The SMILES string of the molecule is CCCCCCCCCCCCC(=O)Nc1ccc(C)c(C)c1. The summed E-state index contributed by atoms with van der Waals surface area (Å²) in [6.07, 6.45) is 13.7. The van der Waals surface area contributed by atoms with Crippen molar-refractivity contribution >= 4 is 11.6 Å². The molecule has 0 fully saturated rings. The summed E-state index contributed by atoms with van der Waals surface area (Å²) in [5, 5.41) is 3.00. The Bertz CT molecular complexity index is 453. The van der Waals surface area contributed by atoms with Crippen LogP contribution in [0, 0.1) is 13.8 Å². The molecule has 0 radical (unpaired) electrons. The van der Waals surface area contributed by atoms with Gasteiger partial charge in [-0.2, -0.15) is 0 Å². The summed E-state index contributed by atoms with van der Waals surface area (Å²) >= 11 is 0. The molecule has 0 bridgehead atoms. The van der Waals surface area contributed by atoms with Crippen molar-refractivity contribution in [2.75, 3.05) is 5.32 Å². The third-order valence-corrected chi connectivity index (χ3v) is 4.55. The van der Waals surface area contributed by atoms with Crippen LogP contribution in [0.5, 0.6) is 0 Å². The summed E-state index contributed by atoms with van der Waals surface area (Å²) in [6.45, 7) is 6.42. The lowest BCUT2D eigenvalue weighted by atomic mass is 10.1. The van der Waals surface area contributed by atoms with Gasteiger partial charge in [0.2, 0.25) is 5.91 Å². The average molecular weight is 318 g/mol. The second kappa shape index (κ2) is 12.2. The number of carbonyl (C=O) groups excluding carboxylic acids is 1. The molecular formula is C21H35NO. The topological polar surface area (TPSA) is 29.1 Å². The van der Waals surface area contributed by atoms with Gasteiger partial charge >= 0.3 is 0 Å². The van der Waals surface area contributed by atoms with Crippen molar-refractivity contribution in [1.82, 2.24) is 0 Å². The maximum absolute atomic E-state index is 11.9. The minimum Gasteiger partial charge on any atom is -0.326 e. The number of benzene rings is 1. The fourth-order valence-corrected chi connectivity index (χ4v) is 2.82. The molecule has 1 rings (SSSR count). The molecule has 2 nitrogen and oxygen atoms in total. The van der Waals surface area contributed by atoms with E-state index < -0.39 is 0 Å². The minimum absolute atomic E-state index is 0.146. The molecule has 23 heavy (non-hydrogen) atoms. The van der Waals surface area contributed by atoms with E-state index in [2.05, 4.69) is 32.2 Å². The number of amides is 1. The molecule has 0 heterocycles. The molecular weight excluding hydrogens is 282 g/mol.